The second-order valence-corrected chi connectivity index (χ2v) is 6.23. The van der Waals surface area contributed by atoms with Gasteiger partial charge < -0.3 is 10.1 Å². The smallest absolute Gasteiger partial charge is 0.271 e. The molecular formula is C20H22N4O2. The lowest BCUT2D eigenvalue weighted by Gasteiger charge is -2.13. The summed E-state index contributed by atoms with van der Waals surface area (Å²) < 4.78 is 5.65. The predicted molar refractivity (Wildman–Crippen MR) is 99.0 cm³/mol. The van der Waals surface area contributed by atoms with E-state index in [1.54, 1.807) is 12.3 Å². The van der Waals surface area contributed by atoms with E-state index >= 15 is 0 Å². The van der Waals surface area contributed by atoms with E-state index in [0.29, 0.717) is 18.7 Å². The van der Waals surface area contributed by atoms with Gasteiger partial charge in [-0.25, -0.2) is 0 Å². The van der Waals surface area contributed by atoms with Crippen LogP contribution >= 0.6 is 0 Å². The Balaban J connectivity index is 1.53. The number of ether oxygens (including phenoxy) is 1. The standard InChI is InChI=1S/C20H22N4O2/c1-14-7-6-10-21-18(14)11-15(2)22-20(25)19-12-16(23-24-19)13-26-17-8-4-3-5-9-17/h3-10,12,15H,11,13H2,1-2H3,(H,22,25)(H,23,24). The van der Waals surface area contributed by atoms with Crippen LogP contribution in [0.3, 0.4) is 0 Å². The van der Waals surface area contributed by atoms with E-state index in [-0.39, 0.29) is 11.9 Å². The summed E-state index contributed by atoms with van der Waals surface area (Å²) in [6, 6.07) is 15.1. The number of pyridine rings is 1. The minimum Gasteiger partial charge on any atom is -0.487 e. The normalized spacial score (nSPS) is 11.8. The molecule has 0 saturated carbocycles. The number of carbonyl (C=O) groups is 1. The van der Waals surface area contributed by atoms with Crippen LogP contribution in [0.25, 0.3) is 0 Å². The summed E-state index contributed by atoms with van der Waals surface area (Å²) in [5.41, 5.74) is 3.20. The highest BCUT2D eigenvalue weighted by atomic mass is 16.5. The summed E-state index contributed by atoms with van der Waals surface area (Å²) in [7, 11) is 0. The zero-order valence-electron chi connectivity index (χ0n) is 14.9. The summed E-state index contributed by atoms with van der Waals surface area (Å²) in [5, 5.41) is 9.87. The molecule has 0 radical (unpaired) electrons. The summed E-state index contributed by atoms with van der Waals surface area (Å²) in [4.78, 5) is 16.7. The molecule has 0 saturated heterocycles. The highest BCUT2D eigenvalue weighted by Gasteiger charge is 2.15. The molecule has 1 unspecified atom stereocenters. The van der Waals surface area contributed by atoms with Gasteiger partial charge in [0.2, 0.25) is 0 Å². The Labute approximate surface area is 152 Å². The van der Waals surface area contributed by atoms with Gasteiger partial charge in [-0.2, -0.15) is 5.10 Å². The van der Waals surface area contributed by atoms with Gasteiger partial charge in [-0.15, -0.1) is 0 Å². The first-order valence-corrected chi connectivity index (χ1v) is 8.55. The van der Waals surface area contributed by atoms with Gasteiger partial charge in [-0.05, 0) is 43.7 Å². The molecule has 0 aliphatic heterocycles. The maximum Gasteiger partial charge on any atom is 0.271 e. The first-order chi connectivity index (χ1) is 12.6. The van der Waals surface area contributed by atoms with E-state index in [2.05, 4.69) is 20.5 Å². The summed E-state index contributed by atoms with van der Waals surface area (Å²) in [5.74, 6) is 0.556. The third-order valence-electron chi connectivity index (χ3n) is 4.00. The van der Waals surface area contributed by atoms with Crippen molar-refractivity contribution in [1.29, 1.82) is 0 Å². The van der Waals surface area contributed by atoms with Gasteiger partial charge in [0.25, 0.3) is 5.91 Å². The Bertz CT molecular complexity index is 861. The molecule has 2 heterocycles. The Kier molecular flexibility index (Phi) is 5.63. The molecule has 0 bridgehead atoms. The Morgan fingerprint density at radius 2 is 2.04 bits per heavy atom. The summed E-state index contributed by atoms with van der Waals surface area (Å²) in [6.07, 6.45) is 2.44. The van der Waals surface area contributed by atoms with Crippen molar-refractivity contribution in [3.8, 4) is 5.75 Å². The number of carbonyl (C=O) groups excluding carboxylic acids is 1. The number of hydrogen-bond acceptors (Lipinski definition) is 4. The van der Waals surface area contributed by atoms with Gasteiger partial charge in [0.1, 0.15) is 18.1 Å². The molecule has 1 atom stereocenters. The van der Waals surface area contributed by atoms with E-state index in [1.807, 2.05) is 56.3 Å². The molecule has 3 rings (SSSR count). The number of H-pyrrole nitrogens is 1. The highest BCUT2D eigenvalue weighted by molar-refractivity contribution is 5.92. The number of aryl methyl sites for hydroxylation is 1. The van der Waals surface area contributed by atoms with E-state index in [9.17, 15) is 4.79 Å². The van der Waals surface area contributed by atoms with Gasteiger partial charge in [0.15, 0.2) is 0 Å². The van der Waals surface area contributed by atoms with Crippen LogP contribution in [0.2, 0.25) is 0 Å². The zero-order chi connectivity index (χ0) is 18.4. The molecule has 0 fully saturated rings. The fraction of sp³-hybridized carbons (Fsp3) is 0.250. The van der Waals surface area contributed by atoms with Crippen LogP contribution in [0.15, 0.2) is 54.7 Å². The van der Waals surface area contributed by atoms with E-state index in [4.69, 9.17) is 4.74 Å². The molecule has 2 aromatic heterocycles. The number of aromatic nitrogens is 3. The van der Waals surface area contributed by atoms with Gasteiger partial charge in [0, 0.05) is 24.4 Å². The van der Waals surface area contributed by atoms with E-state index < -0.39 is 0 Å². The van der Waals surface area contributed by atoms with Crippen molar-refractivity contribution in [1.82, 2.24) is 20.5 Å². The molecule has 0 aliphatic carbocycles. The third-order valence-corrected chi connectivity index (χ3v) is 4.00. The van der Waals surface area contributed by atoms with Gasteiger partial charge in [-0.3, -0.25) is 14.9 Å². The molecule has 0 aliphatic rings. The quantitative estimate of drug-likeness (QED) is 0.686. The molecule has 6 nitrogen and oxygen atoms in total. The van der Waals surface area contributed by atoms with Crippen molar-refractivity contribution in [2.45, 2.75) is 32.9 Å². The van der Waals surface area contributed by atoms with Crippen molar-refractivity contribution in [3.05, 3.63) is 77.4 Å². The maximum absolute atomic E-state index is 12.4. The van der Waals surface area contributed by atoms with Gasteiger partial charge in [0.05, 0.1) is 5.69 Å². The number of hydrogen-bond donors (Lipinski definition) is 2. The van der Waals surface area contributed by atoms with Gasteiger partial charge >= 0.3 is 0 Å². The summed E-state index contributed by atoms with van der Waals surface area (Å²) in [6.45, 7) is 4.30. The third kappa shape index (κ3) is 4.69. The highest BCUT2D eigenvalue weighted by Crippen LogP contribution is 2.11. The van der Waals surface area contributed by atoms with E-state index in [1.165, 1.54) is 0 Å². The topological polar surface area (TPSA) is 79.9 Å². The number of rotatable bonds is 7. The second kappa shape index (κ2) is 8.29. The summed E-state index contributed by atoms with van der Waals surface area (Å²) >= 11 is 0. The number of nitrogens with one attached hydrogen (secondary N) is 2. The number of nitrogens with zero attached hydrogens (tertiary/aromatic N) is 2. The average Bonchev–Trinajstić information content (AvgIpc) is 3.12. The van der Waals surface area contributed by atoms with Crippen LogP contribution < -0.4 is 10.1 Å². The van der Waals surface area contributed by atoms with Crippen molar-refractivity contribution < 1.29 is 9.53 Å². The SMILES string of the molecule is Cc1cccnc1CC(C)NC(=O)c1cc(COc2ccccc2)[nH]n1. The first kappa shape index (κ1) is 17.7. The molecule has 1 amide bonds. The lowest BCUT2D eigenvalue weighted by molar-refractivity contribution is 0.0935. The van der Waals surface area contributed by atoms with Crippen LogP contribution in [0.4, 0.5) is 0 Å². The van der Waals surface area contributed by atoms with Crippen molar-refractivity contribution in [2.24, 2.45) is 0 Å². The van der Waals surface area contributed by atoms with Crippen LogP contribution in [0.5, 0.6) is 5.75 Å². The van der Waals surface area contributed by atoms with Crippen LogP contribution in [0, 0.1) is 6.92 Å². The number of benzene rings is 1. The fourth-order valence-corrected chi connectivity index (χ4v) is 2.60. The first-order valence-electron chi connectivity index (χ1n) is 8.55. The monoisotopic (exact) mass is 350 g/mol. The lowest BCUT2D eigenvalue weighted by atomic mass is 10.1. The molecular weight excluding hydrogens is 328 g/mol. The molecule has 0 spiro atoms. The van der Waals surface area contributed by atoms with Crippen LogP contribution in [0.1, 0.15) is 34.4 Å². The Hall–Kier alpha value is -3.15. The molecule has 134 valence electrons. The molecule has 1 aromatic carbocycles. The average molecular weight is 350 g/mol. The van der Waals surface area contributed by atoms with Crippen molar-refractivity contribution in [2.75, 3.05) is 0 Å². The molecule has 6 heteroatoms. The fourth-order valence-electron chi connectivity index (χ4n) is 2.60. The second-order valence-electron chi connectivity index (χ2n) is 6.23. The number of para-hydroxylation sites is 1. The maximum atomic E-state index is 12.4. The van der Waals surface area contributed by atoms with Crippen LogP contribution in [-0.4, -0.2) is 27.1 Å². The largest absolute Gasteiger partial charge is 0.487 e. The lowest BCUT2D eigenvalue weighted by Crippen LogP contribution is -2.34. The minimum absolute atomic E-state index is 0.0446. The van der Waals surface area contributed by atoms with Crippen molar-refractivity contribution >= 4 is 5.91 Å². The Morgan fingerprint density at radius 3 is 2.81 bits per heavy atom. The molecule has 2 N–H and O–H groups in total. The van der Waals surface area contributed by atoms with E-state index in [0.717, 1.165) is 22.7 Å². The predicted octanol–water partition coefficient (Wildman–Crippen LogP) is 3.05. The molecule has 3 aromatic rings. The number of amides is 1. The minimum atomic E-state index is -0.215. The number of aromatic amines is 1. The zero-order valence-corrected chi connectivity index (χ0v) is 14.9. The van der Waals surface area contributed by atoms with Crippen LogP contribution in [-0.2, 0) is 13.0 Å². The van der Waals surface area contributed by atoms with Gasteiger partial charge in [-0.1, -0.05) is 24.3 Å². The van der Waals surface area contributed by atoms with Crippen molar-refractivity contribution in [3.63, 3.8) is 0 Å². The molecule has 26 heavy (non-hydrogen) atoms. The Morgan fingerprint density at radius 1 is 1.23 bits per heavy atom.